The van der Waals surface area contributed by atoms with Gasteiger partial charge in [0.05, 0.1) is 11.0 Å². The van der Waals surface area contributed by atoms with Gasteiger partial charge in [-0.3, -0.25) is 0 Å². The fourth-order valence-corrected chi connectivity index (χ4v) is 3.45. The van der Waals surface area contributed by atoms with Crippen LogP contribution < -0.4 is 0 Å². The van der Waals surface area contributed by atoms with E-state index in [-0.39, 0.29) is 0 Å². The number of aromatic nitrogens is 2. The second kappa shape index (κ2) is 5.16. The van der Waals surface area contributed by atoms with Gasteiger partial charge in [-0.2, -0.15) is 0 Å². The average Bonchev–Trinajstić information content (AvgIpc) is 2.78. The Kier molecular flexibility index (Phi) is 3.53. The molecular weight excluding hydrogens is 256 g/mol. The van der Waals surface area contributed by atoms with Crippen LogP contribution in [0.3, 0.4) is 0 Å². The summed E-state index contributed by atoms with van der Waals surface area (Å²) < 4.78 is 2.40. The highest BCUT2D eigenvalue weighted by molar-refractivity contribution is 6.31. The van der Waals surface area contributed by atoms with E-state index in [0.29, 0.717) is 12.0 Å². The van der Waals surface area contributed by atoms with Crippen LogP contribution in [0.25, 0.3) is 11.0 Å². The average molecular weight is 277 g/mol. The third kappa shape index (κ3) is 2.38. The molecule has 0 radical (unpaired) electrons. The van der Waals surface area contributed by atoms with Gasteiger partial charge in [0, 0.05) is 17.0 Å². The third-order valence-corrected chi connectivity index (χ3v) is 4.40. The second-order valence-corrected chi connectivity index (χ2v) is 6.34. The SMILES string of the molecule is CC(C)n1c(C2CCCCC2)nc2cc(Cl)ccc21. The number of halogens is 1. The number of rotatable bonds is 2. The Bertz CT molecular complexity index is 580. The van der Waals surface area contributed by atoms with Crippen molar-refractivity contribution >= 4 is 22.6 Å². The molecule has 0 bridgehead atoms. The van der Waals surface area contributed by atoms with Gasteiger partial charge < -0.3 is 4.57 Å². The van der Waals surface area contributed by atoms with Gasteiger partial charge in [-0.1, -0.05) is 30.9 Å². The molecule has 1 aromatic carbocycles. The van der Waals surface area contributed by atoms with Crippen LogP contribution in [0.1, 0.15) is 63.7 Å². The van der Waals surface area contributed by atoms with Crippen molar-refractivity contribution in [2.45, 2.75) is 57.9 Å². The Morgan fingerprint density at radius 2 is 1.95 bits per heavy atom. The lowest BCUT2D eigenvalue weighted by Crippen LogP contribution is -2.13. The van der Waals surface area contributed by atoms with Crippen molar-refractivity contribution in [3.05, 3.63) is 29.0 Å². The van der Waals surface area contributed by atoms with Crippen LogP contribution in [0.5, 0.6) is 0 Å². The van der Waals surface area contributed by atoms with E-state index in [1.165, 1.54) is 43.4 Å². The molecule has 0 aliphatic heterocycles. The van der Waals surface area contributed by atoms with Crippen molar-refractivity contribution in [1.82, 2.24) is 9.55 Å². The summed E-state index contributed by atoms with van der Waals surface area (Å²) in [4.78, 5) is 4.90. The lowest BCUT2D eigenvalue weighted by Gasteiger charge is -2.23. The minimum Gasteiger partial charge on any atom is -0.325 e. The molecular formula is C16H21ClN2. The van der Waals surface area contributed by atoms with Crippen molar-refractivity contribution < 1.29 is 0 Å². The first-order valence-electron chi connectivity index (χ1n) is 7.34. The highest BCUT2D eigenvalue weighted by atomic mass is 35.5. The predicted octanol–water partition coefficient (Wildman–Crippen LogP) is 5.32. The van der Waals surface area contributed by atoms with Crippen LogP contribution in [0.2, 0.25) is 5.02 Å². The van der Waals surface area contributed by atoms with E-state index in [4.69, 9.17) is 16.6 Å². The van der Waals surface area contributed by atoms with Crippen LogP contribution in [-0.2, 0) is 0 Å². The Morgan fingerprint density at radius 3 is 2.63 bits per heavy atom. The van der Waals surface area contributed by atoms with Crippen LogP contribution in [0, 0.1) is 0 Å². The molecule has 0 N–H and O–H groups in total. The smallest absolute Gasteiger partial charge is 0.113 e. The van der Waals surface area contributed by atoms with Crippen LogP contribution in [0.4, 0.5) is 0 Å². The van der Waals surface area contributed by atoms with E-state index in [1.807, 2.05) is 12.1 Å². The number of nitrogens with zero attached hydrogens (tertiary/aromatic N) is 2. The number of hydrogen-bond acceptors (Lipinski definition) is 1. The monoisotopic (exact) mass is 276 g/mol. The molecule has 3 rings (SSSR count). The largest absolute Gasteiger partial charge is 0.325 e. The van der Waals surface area contributed by atoms with E-state index in [0.717, 1.165) is 10.5 Å². The van der Waals surface area contributed by atoms with Crippen LogP contribution >= 0.6 is 11.6 Å². The maximum atomic E-state index is 6.10. The molecule has 19 heavy (non-hydrogen) atoms. The zero-order valence-electron chi connectivity index (χ0n) is 11.7. The molecule has 3 heteroatoms. The fraction of sp³-hybridized carbons (Fsp3) is 0.562. The Labute approximate surface area is 119 Å². The molecule has 1 aromatic heterocycles. The minimum absolute atomic E-state index is 0.447. The van der Waals surface area contributed by atoms with Gasteiger partial charge in [-0.25, -0.2) is 4.98 Å². The summed E-state index contributed by atoms with van der Waals surface area (Å²) in [6.07, 6.45) is 6.62. The van der Waals surface area contributed by atoms with Crippen molar-refractivity contribution in [3.63, 3.8) is 0 Å². The van der Waals surface area contributed by atoms with Crippen molar-refractivity contribution in [2.24, 2.45) is 0 Å². The topological polar surface area (TPSA) is 17.8 Å². The molecule has 2 aromatic rings. The van der Waals surface area contributed by atoms with Crippen molar-refractivity contribution in [2.75, 3.05) is 0 Å². The van der Waals surface area contributed by atoms with Crippen LogP contribution in [0.15, 0.2) is 18.2 Å². The normalized spacial score (nSPS) is 17.5. The lowest BCUT2D eigenvalue weighted by atomic mass is 9.88. The molecule has 1 aliphatic carbocycles. The van der Waals surface area contributed by atoms with Gasteiger partial charge in [0.1, 0.15) is 5.82 Å². The molecule has 0 saturated heterocycles. The fourth-order valence-electron chi connectivity index (χ4n) is 3.28. The zero-order valence-corrected chi connectivity index (χ0v) is 12.5. The standard InChI is InChI=1S/C16H21ClN2/c1-11(2)19-15-9-8-13(17)10-14(15)18-16(19)12-6-4-3-5-7-12/h8-12H,3-7H2,1-2H3. The highest BCUT2D eigenvalue weighted by Crippen LogP contribution is 2.35. The van der Waals surface area contributed by atoms with E-state index in [1.54, 1.807) is 0 Å². The number of fused-ring (bicyclic) bond motifs is 1. The molecule has 0 spiro atoms. The summed E-state index contributed by atoms with van der Waals surface area (Å²) in [6, 6.07) is 6.51. The van der Waals surface area contributed by atoms with Gasteiger partial charge >= 0.3 is 0 Å². The first kappa shape index (κ1) is 13.0. The summed E-state index contributed by atoms with van der Waals surface area (Å²) in [5.41, 5.74) is 2.27. The molecule has 102 valence electrons. The molecule has 1 heterocycles. The predicted molar refractivity (Wildman–Crippen MR) is 81.0 cm³/mol. The summed E-state index contributed by atoms with van der Waals surface area (Å²) in [7, 11) is 0. The third-order valence-electron chi connectivity index (χ3n) is 4.17. The summed E-state index contributed by atoms with van der Waals surface area (Å²) >= 11 is 6.10. The summed E-state index contributed by atoms with van der Waals surface area (Å²) in [5, 5.41) is 0.774. The second-order valence-electron chi connectivity index (χ2n) is 5.90. The van der Waals surface area contributed by atoms with Gasteiger partial charge in [-0.05, 0) is 44.9 Å². The molecule has 0 amide bonds. The first-order chi connectivity index (χ1) is 9.16. The maximum absolute atomic E-state index is 6.10. The summed E-state index contributed by atoms with van der Waals surface area (Å²) in [5.74, 6) is 1.90. The zero-order chi connectivity index (χ0) is 13.4. The van der Waals surface area contributed by atoms with Crippen molar-refractivity contribution in [3.8, 4) is 0 Å². The Morgan fingerprint density at radius 1 is 1.21 bits per heavy atom. The van der Waals surface area contributed by atoms with Gasteiger partial charge in [0.25, 0.3) is 0 Å². The molecule has 0 unspecified atom stereocenters. The van der Waals surface area contributed by atoms with Gasteiger partial charge in [0.2, 0.25) is 0 Å². The summed E-state index contributed by atoms with van der Waals surface area (Å²) in [6.45, 7) is 4.48. The molecule has 1 saturated carbocycles. The Hall–Kier alpha value is -1.02. The quantitative estimate of drug-likeness (QED) is 0.726. The minimum atomic E-state index is 0.447. The number of hydrogen-bond donors (Lipinski definition) is 0. The number of imidazole rings is 1. The van der Waals surface area contributed by atoms with E-state index < -0.39 is 0 Å². The Balaban J connectivity index is 2.13. The van der Waals surface area contributed by atoms with E-state index in [2.05, 4.69) is 24.5 Å². The van der Waals surface area contributed by atoms with E-state index >= 15 is 0 Å². The van der Waals surface area contributed by atoms with E-state index in [9.17, 15) is 0 Å². The van der Waals surface area contributed by atoms with Crippen LogP contribution in [-0.4, -0.2) is 9.55 Å². The first-order valence-corrected chi connectivity index (χ1v) is 7.72. The van der Waals surface area contributed by atoms with Crippen molar-refractivity contribution in [1.29, 1.82) is 0 Å². The molecule has 1 aliphatic rings. The van der Waals surface area contributed by atoms with Gasteiger partial charge in [0.15, 0.2) is 0 Å². The lowest BCUT2D eigenvalue weighted by molar-refractivity contribution is 0.409. The molecule has 1 fully saturated rings. The maximum Gasteiger partial charge on any atom is 0.113 e. The number of benzene rings is 1. The molecule has 2 nitrogen and oxygen atoms in total. The highest BCUT2D eigenvalue weighted by Gasteiger charge is 2.23. The van der Waals surface area contributed by atoms with Gasteiger partial charge in [-0.15, -0.1) is 0 Å². The molecule has 0 atom stereocenters.